The number of rotatable bonds is 4. The lowest BCUT2D eigenvalue weighted by Gasteiger charge is -2.14. The number of nitrogens with one attached hydrogen (secondary N) is 1. The van der Waals surface area contributed by atoms with E-state index in [4.69, 9.17) is 9.40 Å². The van der Waals surface area contributed by atoms with E-state index in [9.17, 15) is 4.79 Å². The van der Waals surface area contributed by atoms with E-state index < -0.39 is 0 Å². The Morgan fingerprint density at radius 3 is 2.65 bits per heavy atom. The highest BCUT2D eigenvalue weighted by Crippen LogP contribution is 2.22. The molecule has 0 aliphatic heterocycles. The van der Waals surface area contributed by atoms with Gasteiger partial charge in [-0.1, -0.05) is 12.1 Å². The molecule has 2 heterocycles. The van der Waals surface area contributed by atoms with Crippen LogP contribution in [0.15, 0.2) is 51.7 Å². The Bertz CT molecular complexity index is 1130. The van der Waals surface area contributed by atoms with E-state index in [-0.39, 0.29) is 5.63 Å². The zero-order chi connectivity index (χ0) is 18.3. The van der Waals surface area contributed by atoms with E-state index in [1.54, 1.807) is 17.4 Å². The first-order valence-corrected chi connectivity index (χ1v) is 9.51. The minimum atomic E-state index is -0.288. The van der Waals surface area contributed by atoms with Gasteiger partial charge in [-0.3, -0.25) is 0 Å². The number of aryl methyl sites for hydroxylation is 2. The predicted octanol–water partition coefficient (Wildman–Crippen LogP) is 3.23. The van der Waals surface area contributed by atoms with Crippen molar-refractivity contribution >= 4 is 32.5 Å². The smallest absolute Gasteiger partial charge is 0.336 e. The number of hydrogen-bond acceptors (Lipinski definition) is 4. The van der Waals surface area contributed by atoms with Crippen LogP contribution in [0, 0.1) is 13.8 Å². The van der Waals surface area contributed by atoms with Crippen LogP contribution in [0.2, 0.25) is 0 Å². The van der Waals surface area contributed by atoms with Crippen molar-refractivity contribution in [2.24, 2.45) is 0 Å². The fourth-order valence-corrected chi connectivity index (χ4v) is 4.35. The maximum atomic E-state index is 12.0. The van der Waals surface area contributed by atoms with E-state index in [2.05, 4.69) is 26.1 Å². The van der Waals surface area contributed by atoms with Crippen LogP contribution in [-0.2, 0) is 13.1 Å². The highest BCUT2D eigenvalue weighted by Gasteiger charge is 2.14. The second-order valence-electron chi connectivity index (χ2n) is 6.91. The number of para-hydroxylation sites is 1. The number of benzene rings is 2. The molecule has 0 saturated heterocycles. The van der Waals surface area contributed by atoms with Crippen LogP contribution in [0.4, 0.5) is 0 Å². The van der Waals surface area contributed by atoms with E-state index in [1.165, 1.54) is 15.2 Å². The summed E-state index contributed by atoms with van der Waals surface area (Å²) >= 11 is 1.74. The third kappa shape index (κ3) is 3.28. The Morgan fingerprint density at radius 1 is 1.08 bits per heavy atom. The van der Waals surface area contributed by atoms with Gasteiger partial charge in [0.1, 0.15) is 23.7 Å². The molecule has 4 nitrogen and oxygen atoms in total. The molecule has 0 radical (unpaired) electrons. The monoisotopic (exact) mass is 365 g/mol. The van der Waals surface area contributed by atoms with Crippen molar-refractivity contribution in [1.82, 2.24) is 4.98 Å². The minimum Gasteiger partial charge on any atom is -0.423 e. The molecular formula is C21H21N2O2S+. The molecule has 0 spiro atoms. The van der Waals surface area contributed by atoms with E-state index in [1.807, 2.05) is 31.2 Å². The largest absolute Gasteiger partial charge is 0.423 e. The molecule has 4 rings (SSSR count). The summed E-state index contributed by atoms with van der Waals surface area (Å²) in [6.45, 7) is 5.69. The second-order valence-corrected chi connectivity index (χ2v) is 8.02. The first kappa shape index (κ1) is 16.9. The van der Waals surface area contributed by atoms with Crippen LogP contribution >= 0.6 is 11.3 Å². The van der Waals surface area contributed by atoms with Gasteiger partial charge in [-0.05, 0) is 49.2 Å². The van der Waals surface area contributed by atoms with Crippen molar-refractivity contribution in [3.05, 3.63) is 74.6 Å². The number of thiazole rings is 1. The third-order valence-corrected chi connectivity index (χ3v) is 5.76. The summed E-state index contributed by atoms with van der Waals surface area (Å²) in [5, 5.41) is 2.14. The summed E-state index contributed by atoms with van der Waals surface area (Å²) in [6.07, 6.45) is 0. The average molecular weight is 365 g/mol. The summed E-state index contributed by atoms with van der Waals surface area (Å²) in [5.74, 6) is 0. The van der Waals surface area contributed by atoms with Gasteiger partial charge in [-0.15, -0.1) is 11.3 Å². The number of aromatic nitrogens is 1. The normalized spacial score (nSPS) is 12.7. The van der Waals surface area contributed by atoms with Gasteiger partial charge in [0.15, 0.2) is 0 Å². The Kier molecular flexibility index (Phi) is 4.34. The SMILES string of the molecule is Cc1cc2oc(=O)cc(C[NH+](C)Cc3nc4ccccc4s3)c2cc1C. The molecule has 1 N–H and O–H groups in total. The van der Waals surface area contributed by atoms with Crippen LogP contribution in [0.1, 0.15) is 21.7 Å². The highest BCUT2D eigenvalue weighted by molar-refractivity contribution is 7.18. The molecule has 5 heteroatoms. The number of quaternary nitrogens is 1. The molecule has 0 bridgehead atoms. The molecule has 0 saturated carbocycles. The van der Waals surface area contributed by atoms with E-state index in [0.29, 0.717) is 5.58 Å². The molecule has 4 aromatic rings. The molecule has 1 atom stereocenters. The van der Waals surface area contributed by atoms with Crippen molar-refractivity contribution in [2.75, 3.05) is 7.05 Å². The molecule has 0 aliphatic rings. The second kappa shape index (κ2) is 6.67. The zero-order valence-corrected chi connectivity index (χ0v) is 15.9. The average Bonchev–Trinajstić information content (AvgIpc) is 2.98. The first-order chi connectivity index (χ1) is 12.5. The molecule has 132 valence electrons. The highest BCUT2D eigenvalue weighted by atomic mass is 32.1. The molecule has 26 heavy (non-hydrogen) atoms. The topological polar surface area (TPSA) is 47.5 Å². The maximum Gasteiger partial charge on any atom is 0.336 e. The van der Waals surface area contributed by atoms with Crippen LogP contribution in [0.25, 0.3) is 21.2 Å². The Hall–Kier alpha value is -2.50. The summed E-state index contributed by atoms with van der Waals surface area (Å²) in [7, 11) is 2.13. The zero-order valence-electron chi connectivity index (χ0n) is 15.1. The molecule has 0 fully saturated rings. The van der Waals surface area contributed by atoms with E-state index >= 15 is 0 Å². The lowest BCUT2D eigenvalue weighted by Crippen LogP contribution is -3.06. The van der Waals surface area contributed by atoms with Gasteiger partial charge in [0.05, 0.1) is 17.3 Å². The number of fused-ring (bicyclic) bond motifs is 2. The van der Waals surface area contributed by atoms with E-state index in [0.717, 1.165) is 40.1 Å². The van der Waals surface area contributed by atoms with Gasteiger partial charge in [-0.25, -0.2) is 9.78 Å². The first-order valence-electron chi connectivity index (χ1n) is 8.69. The summed E-state index contributed by atoms with van der Waals surface area (Å²) < 4.78 is 6.62. The lowest BCUT2D eigenvalue weighted by atomic mass is 10.0. The molecular weight excluding hydrogens is 344 g/mol. The van der Waals surface area contributed by atoms with Gasteiger partial charge in [0.25, 0.3) is 0 Å². The van der Waals surface area contributed by atoms with Gasteiger partial charge in [-0.2, -0.15) is 0 Å². The Morgan fingerprint density at radius 2 is 1.85 bits per heavy atom. The number of hydrogen-bond donors (Lipinski definition) is 1. The van der Waals surface area contributed by atoms with Crippen molar-refractivity contribution in [3.63, 3.8) is 0 Å². The number of nitrogens with zero attached hydrogens (tertiary/aromatic N) is 1. The summed E-state index contributed by atoms with van der Waals surface area (Å²) in [5.41, 5.74) is 4.80. The Balaban J connectivity index is 1.63. The van der Waals surface area contributed by atoms with Crippen LogP contribution in [0.3, 0.4) is 0 Å². The van der Waals surface area contributed by atoms with Crippen molar-refractivity contribution < 1.29 is 9.32 Å². The fourth-order valence-electron chi connectivity index (χ4n) is 3.27. The molecule has 2 aromatic heterocycles. The van der Waals surface area contributed by atoms with Gasteiger partial charge >= 0.3 is 5.63 Å². The van der Waals surface area contributed by atoms with Crippen LogP contribution in [0.5, 0.6) is 0 Å². The van der Waals surface area contributed by atoms with Gasteiger partial charge in [0.2, 0.25) is 0 Å². The van der Waals surface area contributed by atoms with Crippen molar-refractivity contribution in [2.45, 2.75) is 26.9 Å². The maximum absolute atomic E-state index is 12.0. The predicted molar refractivity (Wildman–Crippen MR) is 106 cm³/mol. The van der Waals surface area contributed by atoms with Crippen LogP contribution in [-0.4, -0.2) is 12.0 Å². The van der Waals surface area contributed by atoms with Gasteiger partial charge < -0.3 is 9.32 Å². The fraction of sp³-hybridized carbons (Fsp3) is 0.238. The lowest BCUT2D eigenvalue weighted by molar-refractivity contribution is -0.907. The quantitative estimate of drug-likeness (QED) is 0.565. The van der Waals surface area contributed by atoms with Gasteiger partial charge in [0, 0.05) is 17.0 Å². The summed E-state index contributed by atoms with van der Waals surface area (Å²) in [6, 6.07) is 13.9. The molecule has 0 aliphatic carbocycles. The molecule has 1 unspecified atom stereocenters. The third-order valence-electron chi connectivity index (χ3n) is 4.73. The minimum absolute atomic E-state index is 0.288. The standard InChI is InChI=1S/C21H20N2O2S/c1-13-8-16-15(10-21(24)25-18(16)9-14(13)2)11-23(3)12-20-22-17-6-4-5-7-19(17)26-20/h4-10H,11-12H2,1-3H3/p+1. The van der Waals surface area contributed by atoms with Crippen molar-refractivity contribution in [3.8, 4) is 0 Å². The molecule has 2 aromatic carbocycles. The Labute approximate surface area is 155 Å². The van der Waals surface area contributed by atoms with Crippen LogP contribution < -0.4 is 10.5 Å². The summed E-state index contributed by atoms with van der Waals surface area (Å²) in [4.78, 5) is 18.0. The molecule has 0 amide bonds. The van der Waals surface area contributed by atoms with Crippen molar-refractivity contribution in [1.29, 1.82) is 0 Å².